The third-order valence-electron chi connectivity index (χ3n) is 7.84. The fraction of sp³-hybridized carbons (Fsp3) is 0.406. The third kappa shape index (κ3) is 6.38. The number of β-lactam (4-membered cyclic amide) rings is 1. The van der Waals surface area contributed by atoms with E-state index in [0.717, 1.165) is 41.0 Å². The highest BCUT2D eigenvalue weighted by Crippen LogP contribution is 2.45. The van der Waals surface area contributed by atoms with Crippen LogP contribution in [0.25, 0.3) is 0 Å². The Morgan fingerprint density at radius 2 is 1.75 bits per heavy atom. The van der Waals surface area contributed by atoms with Gasteiger partial charge in [-0.15, -0.1) is 0 Å². The minimum absolute atomic E-state index is 0.0283. The molecule has 212 valence electrons. The van der Waals surface area contributed by atoms with Gasteiger partial charge in [0.15, 0.2) is 6.04 Å². The molecule has 1 saturated heterocycles. The summed E-state index contributed by atoms with van der Waals surface area (Å²) < 4.78 is 16.1. The highest BCUT2D eigenvalue weighted by Gasteiger charge is 2.63. The fourth-order valence-corrected chi connectivity index (χ4v) is 5.30. The van der Waals surface area contributed by atoms with Gasteiger partial charge in [-0.3, -0.25) is 4.79 Å². The number of amides is 3. The molecule has 8 nitrogen and oxygen atoms in total. The average Bonchev–Trinajstić information content (AvgIpc) is 2.99. The van der Waals surface area contributed by atoms with Gasteiger partial charge in [0.25, 0.3) is 0 Å². The van der Waals surface area contributed by atoms with Crippen LogP contribution in [0.1, 0.15) is 63.1 Å². The Bertz CT molecular complexity index is 1270. The molecule has 2 aromatic rings. The normalized spacial score (nSPS) is 20.9. The van der Waals surface area contributed by atoms with Gasteiger partial charge >= 0.3 is 12.0 Å². The van der Waals surface area contributed by atoms with Crippen molar-refractivity contribution in [3.8, 4) is 5.75 Å². The topological polar surface area (TPSA) is 94.2 Å². The third-order valence-corrected chi connectivity index (χ3v) is 7.84. The van der Waals surface area contributed by atoms with Crippen LogP contribution in [0, 0.1) is 5.41 Å². The van der Waals surface area contributed by atoms with E-state index in [1.807, 2.05) is 55.5 Å². The Kier molecular flexibility index (Phi) is 9.30. The molecule has 1 heterocycles. The van der Waals surface area contributed by atoms with E-state index < -0.39 is 23.5 Å². The summed E-state index contributed by atoms with van der Waals surface area (Å²) in [6.07, 6.45) is 7.79. The van der Waals surface area contributed by atoms with Gasteiger partial charge in [0.05, 0.1) is 31.4 Å². The van der Waals surface area contributed by atoms with Gasteiger partial charge in [-0.05, 0) is 68.9 Å². The summed E-state index contributed by atoms with van der Waals surface area (Å²) in [4.78, 5) is 41.2. The molecule has 0 spiro atoms. The lowest BCUT2D eigenvalue weighted by Crippen LogP contribution is -2.73. The van der Waals surface area contributed by atoms with E-state index in [1.165, 1.54) is 5.57 Å². The van der Waals surface area contributed by atoms with Gasteiger partial charge in [0, 0.05) is 6.42 Å². The molecule has 0 radical (unpaired) electrons. The second kappa shape index (κ2) is 12.9. The van der Waals surface area contributed by atoms with E-state index >= 15 is 0 Å². The summed E-state index contributed by atoms with van der Waals surface area (Å²) in [6.45, 7) is 3.63. The van der Waals surface area contributed by atoms with Crippen molar-refractivity contribution in [2.24, 2.45) is 5.41 Å². The van der Waals surface area contributed by atoms with Crippen LogP contribution in [-0.2, 0) is 25.7 Å². The molecular formula is C32H38N2O6. The Labute approximate surface area is 236 Å². The molecule has 2 aliphatic rings. The number of carbonyl (C=O) groups is 3. The van der Waals surface area contributed by atoms with Gasteiger partial charge in [-0.2, -0.15) is 0 Å². The van der Waals surface area contributed by atoms with Crippen molar-refractivity contribution in [3.63, 3.8) is 0 Å². The van der Waals surface area contributed by atoms with Gasteiger partial charge in [0.2, 0.25) is 5.91 Å². The van der Waals surface area contributed by atoms with Crippen LogP contribution in [-0.4, -0.2) is 43.1 Å². The summed E-state index contributed by atoms with van der Waals surface area (Å²) >= 11 is 0. The number of hydrogen-bond acceptors (Lipinski definition) is 6. The molecular weight excluding hydrogens is 508 g/mol. The Morgan fingerprint density at radius 3 is 2.38 bits per heavy atom. The number of urea groups is 1. The first-order valence-electron chi connectivity index (χ1n) is 13.7. The summed E-state index contributed by atoms with van der Waals surface area (Å²) in [5, 5.41) is 2.87. The number of likely N-dealkylation sites (tertiary alicyclic amines) is 1. The molecule has 1 aliphatic carbocycles. The molecule has 4 rings (SSSR count). The lowest BCUT2D eigenvalue weighted by molar-refractivity contribution is -0.181. The monoisotopic (exact) mass is 546 g/mol. The molecule has 0 unspecified atom stereocenters. The minimum Gasteiger partial charge on any atom is -0.501 e. The number of benzene rings is 2. The van der Waals surface area contributed by atoms with Gasteiger partial charge in [-0.25, -0.2) is 14.5 Å². The predicted octanol–water partition coefficient (Wildman–Crippen LogP) is 5.85. The number of allylic oxidation sites excluding steroid dienone is 4. The first kappa shape index (κ1) is 28.9. The van der Waals surface area contributed by atoms with Crippen LogP contribution in [0.5, 0.6) is 5.75 Å². The van der Waals surface area contributed by atoms with E-state index in [2.05, 4.69) is 11.4 Å². The Hall–Kier alpha value is -4.07. The van der Waals surface area contributed by atoms with Crippen LogP contribution in [0.4, 0.5) is 4.79 Å². The highest BCUT2D eigenvalue weighted by molar-refractivity contribution is 6.10. The predicted molar refractivity (Wildman–Crippen MR) is 151 cm³/mol. The van der Waals surface area contributed by atoms with Gasteiger partial charge in [0.1, 0.15) is 12.4 Å². The number of carbonyl (C=O) groups excluding carboxylic acids is 3. The minimum atomic E-state index is -1.03. The van der Waals surface area contributed by atoms with E-state index in [4.69, 9.17) is 14.2 Å². The first-order chi connectivity index (χ1) is 19.3. The zero-order chi connectivity index (χ0) is 28.7. The number of esters is 1. The number of hydrogen-bond donors (Lipinski definition) is 1. The van der Waals surface area contributed by atoms with Crippen LogP contribution >= 0.6 is 0 Å². The number of imide groups is 1. The van der Waals surface area contributed by atoms with Crippen molar-refractivity contribution in [3.05, 3.63) is 89.2 Å². The Morgan fingerprint density at radius 1 is 1.02 bits per heavy atom. The molecule has 1 N–H and O–H groups in total. The van der Waals surface area contributed by atoms with Crippen LogP contribution in [0.15, 0.2) is 78.1 Å². The molecule has 1 aliphatic heterocycles. The lowest BCUT2D eigenvalue weighted by Gasteiger charge is -2.51. The molecule has 0 bridgehead atoms. The molecule has 0 saturated carbocycles. The molecule has 2 aromatic carbocycles. The second-order valence-corrected chi connectivity index (χ2v) is 10.5. The maximum atomic E-state index is 13.5. The zero-order valence-electron chi connectivity index (χ0n) is 23.6. The number of rotatable bonds is 11. The van der Waals surface area contributed by atoms with Crippen LogP contribution in [0.3, 0.4) is 0 Å². The molecule has 0 aromatic heterocycles. The summed E-state index contributed by atoms with van der Waals surface area (Å²) in [7, 11) is 3.25. The largest absolute Gasteiger partial charge is 0.501 e. The van der Waals surface area contributed by atoms with Crippen molar-refractivity contribution in [2.45, 2.75) is 64.6 Å². The lowest BCUT2D eigenvalue weighted by atomic mass is 9.68. The molecule has 40 heavy (non-hydrogen) atoms. The van der Waals surface area contributed by atoms with Crippen molar-refractivity contribution in [2.75, 3.05) is 14.2 Å². The molecule has 8 heteroatoms. The number of ether oxygens (including phenoxy) is 3. The number of nitrogens with one attached hydrogen (secondary N) is 1. The standard InChI is InChI=1S/C32H38N2O6/c1-22(25-10-6-5-7-11-25)33-31(37)34-28(29(35)40-21-24-14-18-27(39-4)19-15-24)32(2,30(34)36)20-8-9-23-12-16-26(38-3)17-13-23/h5-7,10-12,14-16,18-19,22,28H,8-9,13,17,20-21H2,1-4H3,(H,33,37)/t22-,28-,32-/m1/s1. The van der Waals surface area contributed by atoms with E-state index in [-0.39, 0.29) is 18.6 Å². The van der Waals surface area contributed by atoms with Gasteiger partial charge in [-0.1, -0.05) is 54.1 Å². The maximum absolute atomic E-state index is 13.5. The van der Waals surface area contributed by atoms with Crippen molar-refractivity contribution >= 4 is 17.9 Å². The van der Waals surface area contributed by atoms with Crippen molar-refractivity contribution in [1.29, 1.82) is 0 Å². The summed E-state index contributed by atoms with van der Waals surface area (Å²) in [6, 6.07) is 14.7. The Balaban J connectivity index is 1.46. The maximum Gasteiger partial charge on any atom is 0.330 e. The average molecular weight is 547 g/mol. The second-order valence-electron chi connectivity index (χ2n) is 10.5. The number of methoxy groups -OCH3 is 2. The van der Waals surface area contributed by atoms with Gasteiger partial charge < -0.3 is 19.5 Å². The zero-order valence-corrected chi connectivity index (χ0v) is 23.6. The molecule has 1 fully saturated rings. The van der Waals surface area contributed by atoms with E-state index in [0.29, 0.717) is 18.6 Å². The van der Waals surface area contributed by atoms with Crippen molar-refractivity contribution in [1.82, 2.24) is 10.2 Å². The fourth-order valence-electron chi connectivity index (χ4n) is 5.30. The summed E-state index contributed by atoms with van der Waals surface area (Å²) in [5.74, 6) is 0.696. The highest BCUT2D eigenvalue weighted by atomic mass is 16.5. The molecule has 3 atom stereocenters. The SMILES string of the molecule is COC1=CC=C(CCC[C@@]2(C)C(=O)N(C(=O)N[C@H](C)c3ccccc3)[C@@H]2C(=O)OCc2ccc(OC)cc2)CC1. The van der Waals surface area contributed by atoms with E-state index in [9.17, 15) is 14.4 Å². The first-order valence-corrected chi connectivity index (χ1v) is 13.7. The number of nitrogens with zero attached hydrogens (tertiary/aromatic N) is 1. The van der Waals surface area contributed by atoms with Crippen LogP contribution in [0.2, 0.25) is 0 Å². The smallest absolute Gasteiger partial charge is 0.330 e. The van der Waals surface area contributed by atoms with Crippen molar-refractivity contribution < 1.29 is 28.6 Å². The summed E-state index contributed by atoms with van der Waals surface area (Å²) in [5.41, 5.74) is 1.92. The van der Waals surface area contributed by atoms with E-state index in [1.54, 1.807) is 33.3 Å². The molecule has 3 amide bonds. The van der Waals surface area contributed by atoms with Crippen LogP contribution < -0.4 is 10.1 Å². The quantitative estimate of drug-likeness (QED) is 0.281.